The fraction of sp³-hybridized carbons (Fsp3) is 0.364. The first-order valence-corrected chi connectivity index (χ1v) is 9.62. The van der Waals surface area contributed by atoms with Crippen LogP contribution in [0.2, 0.25) is 0 Å². The van der Waals surface area contributed by atoms with E-state index in [1.54, 1.807) is 21.3 Å². The average molecular weight is 395 g/mol. The highest BCUT2D eigenvalue weighted by Gasteiger charge is 2.30. The molecule has 7 heteroatoms. The van der Waals surface area contributed by atoms with Crippen LogP contribution in [0.15, 0.2) is 47.0 Å². The average Bonchev–Trinajstić information content (AvgIpc) is 3.52. The van der Waals surface area contributed by atoms with E-state index in [0.717, 1.165) is 17.9 Å². The second kappa shape index (κ2) is 8.53. The highest BCUT2D eigenvalue weighted by atomic mass is 16.5. The molecule has 0 aliphatic heterocycles. The summed E-state index contributed by atoms with van der Waals surface area (Å²) in [6.07, 6.45) is 2.40. The zero-order valence-electron chi connectivity index (χ0n) is 16.9. The van der Waals surface area contributed by atoms with Crippen molar-refractivity contribution in [1.82, 2.24) is 15.0 Å². The molecule has 29 heavy (non-hydrogen) atoms. The van der Waals surface area contributed by atoms with Crippen LogP contribution in [0.1, 0.15) is 24.3 Å². The fourth-order valence-electron chi connectivity index (χ4n) is 3.30. The Morgan fingerprint density at radius 1 is 0.931 bits per heavy atom. The van der Waals surface area contributed by atoms with Gasteiger partial charge in [-0.25, -0.2) is 0 Å². The molecule has 0 unspecified atom stereocenters. The van der Waals surface area contributed by atoms with E-state index in [2.05, 4.69) is 27.2 Å². The zero-order valence-corrected chi connectivity index (χ0v) is 16.9. The van der Waals surface area contributed by atoms with Gasteiger partial charge in [0.15, 0.2) is 0 Å². The van der Waals surface area contributed by atoms with Gasteiger partial charge in [-0.3, -0.25) is 4.90 Å². The van der Waals surface area contributed by atoms with Crippen LogP contribution in [0.25, 0.3) is 11.4 Å². The van der Waals surface area contributed by atoms with E-state index in [4.69, 9.17) is 18.7 Å². The number of nitrogens with zero attached hydrogens (tertiary/aromatic N) is 3. The fourth-order valence-corrected chi connectivity index (χ4v) is 3.30. The number of rotatable bonds is 9. The van der Waals surface area contributed by atoms with Crippen molar-refractivity contribution in [2.24, 2.45) is 0 Å². The Hall–Kier alpha value is -3.06. The Morgan fingerprint density at radius 3 is 2.31 bits per heavy atom. The summed E-state index contributed by atoms with van der Waals surface area (Å²) in [6, 6.07) is 14.3. The standard InChI is InChI=1S/C22H25N3O4/c1-26-17-8-4-15(5-9-17)13-25(16-6-7-16)14-21-23-22(24-29-21)19-11-10-18(27-2)12-20(19)28-3/h4-5,8-12,16H,6-7,13-14H2,1-3H3. The largest absolute Gasteiger partial charge is 0.497 e. The summed E-state index contributed by atoms with van der Waals surface area (Å²) in [6.45, 7) is 1.44. The molecule has 0 radical (unpaired) electrons. The second-order valence-electron chi connectivity index (χ2n) is 7.06. The molecule has 0 N–H and O–H groups in total. The molecule has 1 aliphatic carbocycles. The maximum atomic E-state index is 5.55. The molecule has 1 saturated carbocycles. The predicted octanol–water partition coefficient (Wildman–Crippen LogP) is 3.93. The van der Waals surface area contributed by atoms with E-state index in [1.165, 1.54) is 18.4 Å². The smallest absolute Gasteiger partial charge is 0.241 e. The predicted molar refractivity (Wildman–Crippen MR) is 108 cm³/mol. The summed E-state index contributed by atoms with van der Waals surface area (Å²) in [7, 11) is 4.91. The van der Waals surface area contributed by atoms with Crippen LogP contribution in [0.4, 0.5) is 0 Å². The molecule has 152 valence electrons. The van der Waals surface area contributed by atoms with Crippen LogP contribution < -0.4 is 14.2 Å². The topological polar surface area (TPSA) is 69.9 Å². The van der Waals surface area contributed by atoms with Crippen molar-refractivity contribution in [3.63, 3.8) is 0 Å². The number of hydrogen-bond donors (Lipinski definition) is 0. The first-order chi connectivity index (χ1) is 14.2. The molecule has 1 heterocycles. The summed E-state index contributed by atoms with van der Waals surface area (Å²) < 4.78 is 21.5. The maximum absolute atomic E-state index is 5.55. The Bertz CT molecular complexity index is 951. The Labute approximate surface area is 170 Å². The van der Waals surface area contributed by atoms with Gasteiger partial charge in [0, 0.05) is 18.7 Å². The summed E-state index contributed by atoms with van der Waals surface area (Å²) in [5, 5.41) is 4.16. The van der Waals surface area contributed by atoms with Gasteiger partial charge < -0.3 is 18.7 Å². The lowest BCUT2D eigenvalue weighted by Gasteiger charge is -2.20. The van der Waals surface area contributed by atoms with E-state index in [9.17, 15) is 0 Å². The van der Waals surface area contributed by atoms with Crippen LogP contribution in [-0.4, -0.2) is 42.4 Å². The first kappa shape index (κ1) is 19.3. The Kier molecular flexibility index (Phi) is 5.67. The summed E-state index contributed by atoms with van der Waals surface area (Å²) >= 11 is 0. The molecule has 0 spiro atoms. The van der Waals surface area contributed by atoms with Gasteiger partial charge in [-0.2, -0.15) is 4.98 Å². The molecule has 1 aromatic heterocycles. The molecule has 7 nitrogen and oxygen atoms in total. The van der Waals surface area contributed by atoms with E-state index < -0.39 is 0 Å². The van der Waals surface area contributed by atoms with Crippen LogP contribution in [0, 0.1) is 0 Å². The van der Waals surface area contributed by atoms with Crippen LogP contribution >= 0.6 is 0 Å². The minimum Gasteiger partial charge on any atom is -0.497 e. The Balaban J connectivity index is 1.49. The van der Waals surface area contributed by atoms with Crippen molar-refractivity contribution in [2.45, 2.75) is 32.0 Å². The molecular weight excluding hydrogens is 370 g/mol. The molecule has 2 aromatic carbocycles. The maximum Gasteiger partial charge on any atom is 0.241 e. The summed E-state index contributed by atoms with van der Waals surface area (Å²) in [4.78, 5) is 6.98. The van der Waals surface area contributed by atoms with Crippen LogP contribution in [0.3, 0.4) is 0 Å². The van der Waals surface area contributed by atoms with Crippen LogP contribution in [-0.2, 0) is 13.1 Å². The lowest BCUT2D eigenvalue weighted by Crippen LogP contribution is -2.25. The van der Waals surface area contributed by atoms with Gasteiger partial charge in [0.05, 0.1) is 33.4 Å². The lowest BCUT2D eigenvalue weighted by molar-refractivity contribution is 0.209. The highest BCUT2D eigenvalue weighted by Crippen LogP contribution is 2.33. The lowest BCUT2D eigenvalue weighted by atomic mass is 10.2. The van der Waals surface area contributed by atoms with Crippen molar-refractivity contribution in [3.05, 3.63) is 53.9 Å². The van der Waals surface area contributed by atoms with Gasteiger partial charge in [0.25, 0.3) is 0 Å². The molecule has 0 saturated heterocycles. The third-order valence-corrected chi connectivity index (χ3v) is 5.06. The van der Waals surface area contributed by atoms with Crippen molar-refractivity contribution in [1.29, 1.82) is 0 Å². The normalized spacial score (nSPS) is 13.5. The van der Waals surface area contributed by atoms with Crippen molar-refractivity contribution >= 4 is 0 Å². The second-order valence-corrected chi connectivity index (χ2v) is 7.06. The minimum atomic E-state index is 0.514. The molecular formula is C22H25N3O4. The van der Waals surface area contributed by atoms with Crippen LogP contribution in [0.5, 0.6) is 17.2 Å². The van der Waals surface area contributed by atoms with Gasteiger partial charge in [0.2, 0.25) is 11.7 Å². The number of hydrogen-bond acceptors (Lipinski definition) is 7. The van der Waals surface area contributed by atoms with Crippen molar-refractivity contribution in [2.75, 3.05) is 21.3 Å². The van der Waals surface area contributed by atoms with Gasteiger partial charge in [-0.15, -0.1) is 0 Å². The highest BCUT2D eigenvalue weighted by molar-refractivity contribution is 5.65. The quantitative estimate of drug-likeness (QED) is 0.544. The third kappa shape index (κ3) is 4.51. The molecule has 3 aromatic rings. The van der Waals surface area contributed by atoms with Gasteiger partial charge in [-0.05, 0) is 42.7 Å². The van der Waals surface area contributed by atoms with Crippen molar-refractivity contribution < 1.29 is 18.7 Å². The molecule has 0 bridgehead atoms. The molecule has 0 atom stereocenters. The molecule has 4 rings (SSSR count). The zero-order chi connectivity index (χ0) is 20.2. The number of methoxy groups -OCH3 is 3. The van der Waals surface area contributed by atoms with E-state index in [1.807, 2.05) is 30.3 Å². The number of ether oxygens (including phenoxy) is 3. The first-order valence-electron chi connectivity index (χ1n) is 9.62. The number of benzene rings is 2. The van der Waals surface area contributed by atoms with E-state index in [-0.39, 0.29) is 0 Å². The van der Waals surface area contributed by atoms with E-state index in [0.29, 0.717) is 35.8 Å². The Morgan fingerprint density at radius 2 is 1.66 bits per heavy atom. The van der Waals surface area contributed by atoms with Gasteiger partial charge >= 0.3 is 0 Å². The monoisotopic (exact) mass is 395 g/mol. The van der Waals surface area contributed by atoms with Gasteiger partial charge in [0.1, 0.15) is 17.2 Å². The molecule has 1 fully saturated rings. The third-order valence-electron chi connectivity index (χ3n) is 5.06. The SMILES string of the molecule is COc1ccc(CN(Cc2nc(-c3ccc(OC)cc3OC)no2)C2CC2)cc1. The molecule has 0 amide bonds. The minimum absolute atomic E-state index is 0.514. The summed E-state index contributed by atoms with van der Waals surface area (Å²) in [5.41, 5.74) is 2.01. The van der Waals surface area contributed by atoms with Gasteiger partial charge in [-0.1, -0.05) is 17.3 Å². The van der Waals surface area contributed by atoms with E-state index >= 15 is 0 Å². The molecule has 1 aliphatic rings. The summed E-state index contributed by atoms with van der Waals surface area (Å²) in [5.74, 6) is 3.34. The van der Waals surface area contributed by atoms with Crippen molar-refractivity contribution in [3.8, 4) is 28.6 Å². The number of aromatic nitrogens is 2.